The highest BCUT2D eigenvalue weighted by Crippen LogP contribution is 2.29. The van der Waals surface area contributed by atoms with Crippen LogP contribution in [0.15, 0.2) is 18.2 Å². The third kappa shape index (κ3) is 2.04. The molecular weight excluding hydrogens is 172 g/mol. The van der Waals surface area contributed by atoms with E-state index in [1.807, 2.05) is 0 Å². The summed E-state index contributed by atoms with van der Waals surface area (Å²) in [7, 11) is 0. The number of alkyl halides is 1. The predicted molar refractivity (Wildman–Crippen MR) is 48.4 cm³/mol. The molecule has 1 aromatic rings. The van der Waals surface area contributed by atoms with Crippen molar-refractivity contribution in [3.63, 3.8) is 0 Å². The number of nitrogens with two attached hydrogens (primary N) is 1. The second kappa shape index (κ2) is 3.42. The molecule has 0 atom stereocenters. The molecule has 13 heavy (non-hydrogen) atoms. The van der Waals surface area contributed by atoms with Gasteiger partial charge in [0.05, 0.1) is 0 Å². The lowest BCUT2D eigenvalue weighted by Gasteiger charge is -2.18. The lowest BCUT2D eigenvalue weighted by Crippen LogP contribution is -2.16. The first-order valence-corrected chi connectivity index (χ1v) is 4.13. The molecule has 0 saturated carbocycles. The molecule has 72 valence electrons. The van der Waals surface area contributed by atoms with Crippen LogP contribution in [0.2, 0.25) is 0 Å². The van der Waals surface area contributed by atoms with Crippen molar-refractivity contribution in [3.8, 4) is 0 Å². The van der Waals surface area contributed by atoms with Gasteiger partial charge in [-0.3, -0.25) is 0 Å². The first-order chi connectivity index (χ1) is 5.96. The first kappa shape index (κ1) is 10.1. The van der Waals surface area contributed by atoms with Crippen LogP contribution in [0.25, 0.3) is 0 Å². The number of rotatable bonds is 2. The average Bonchev–Trinajstić information content (AvgIpc) is 2.01. The molecule has 0 aliphatic carbocycles. The zero-order chi connectivity index (χ0) is 10.1. The molecule has 0 fully saturated rings. The molecule has 0 radical (unpaired) electrons. The number of benzene rings is 1. The molecule has 0 unspecified atom stereocenters. The average molecular weight is 185 g/mol. The largest absolute Gasteiger partial charge is 0.326 e. The highest BCUT2D eigenvalue weighted by Gasteiger charge is 2.25. The van der Waals surface area contributed by atoms with E-state index in [9.17, 15) is 8.78 Å². The van der Waals surface area contributed by atoms with E-state index in [0.29, 0.717) is 5.56 Å². The van der Waals surface area contributed by atoms with E-state index in [1.54, 1.807) is 6.07 Å². The Balaban J connectivity index is 3.32. The lowest BCUT2D eigenvalue weighted by atomic mass is 9.94. The summed E-state index contributed by atoms with van der Waals surface area (Å²) in [5.74, 6) is -0.532. The van der Waals surface area contributed by atoms with Gasteiger partial charge in [-0.25, -0.2) is 8.78 Å². The molecule has 0 aliphatic heterocycles. The number of hydrogen-bond donors (Lipinski definition) is 1. The van der Waals surface area contributed by atoms with Crippen molar-refractivity contribution in [3.05, 3.63) is 35.1 Å². The smallest absolute Gasteiger partial charge is 0.133 e. The zero-order valence-corrected chi connectivity index (χ0v) is 7.77. The Morgan fingerprint density at radius 2 is 2.00 bits per heavy atom. The van der Waals surface area contributed by atoms with Crippen LogP contribution in [-0.4, -0.2) is 0 Å². The van der Waals surface area contributed by atoms with Gasteiger partial charge in [0, 0.05) is 12.1 Å². The molecule has 0 amide bonds. The second-order valence-electron chi connectivity index (χ2n) is 3.45. The Kier molecular flexibility index (Phi) is 2.66. The Morgan fingerprint density at radius 3 is 2.38 bits per heavy atom. The van der Waals surface area contributed by atoms with Crippen LogP contribution in [0, 0.1) is 5.82 Å². The van der Waals surface area contributed by atoms with Gasteiger partial charge in [-0.05, 0) is 25.5 Å². The summed E-state index contributed by atoms with van der Waals surface area (Å²) in [5.41, 5.74) is 4.29. The topological polar surface area (TPSA) is 26.0 Å². The first-order valence-electron chi connectivity index (χ1n) is 4.13. The van der Waals surface area contributed by atoms with E-state index < -0.39 is 11.5 Å². The summed E-state index contributed by atoms with van der Waals surface area (Å²) in [6.45, 7) is 2.80. The van der Waals surface area contributed by atoms with Crippen molar-refractivity contribution < 1.29 is 8.78 Å². The van der Waals surface area contributed by atoms with Crippen molar-refractivity contribution in [2.24, 2.45) is 5.73 Å². The van der Waals surface area contributed by atoms with Gasteiger partial charge < -0.3 is 5.73 Å². The van der Waals surface area contributed by atoms with Crippen molar-refractivity contribution in [1.82, 2.24) is 0 Å². The quantitative estimate of drug-likeness (QED) is 0.752. The fourth-order valence-corrected chi connectivity index (χ4v) is 1.40. The molecule has 0 spiro atoms. The maximum Gasteiger partial charge on any atom is 0.133 e. The summed E-state index contributed by atoms with van der Waals surface area (Å²) in [5, 5.41) is 0. The van der Waals surface area contributed by atoms with Crippen LogP contribution in [0.5, 0.6) is 0 Å². The molecule has 0 aliphatic rings. The summed E-state index contributed by atoms with van der Waals surface area (Å²) in [6.07, 6.45) is 0. The van der Waals surface area contributed by atoms with Crippen molar-refractivity contribution in [2.75, 3.05) is 0 Å². The molecule has 1 rings (SSSR count). The van der Waals surface area contributed by atoms with Crippen LogP contribution in [0.1, 0.15) is 25.0 Å². The molecule has 0 saturated heterocycles. The Bertz CT molecular complexity index is 302. The summed E-state index contributed by atoms with van der Waals surface area (Å²) in [4.78, 5) is 0. The van der Waals surface area contributed by atoms with Crippen LogP contribution in [0.4, 0.5) is 8.78 Å². The van der Waals surface area contributed by atoms with Gasteiger partial charge in [0.25, 0.3) is 0 Å². The maximum atomic E-state index is 13.5. The minimum Gasteiger partial charge on any atom is -0.326 e. The summed E-state index contributed by atoms with van der Waals surface area (Å²) < 4.78 is 26.8. The van der Waals surface area contributed by atoms with Crippen LogP contribution in [-0.2, 0) is 12.2 Å². The minimum atomic E-state index is -1.68. The maximum absolute atomic E-state index is 13.5. The highest BCUT2D eigenvalue weighted by atomic mass is 19.1. The van der Waals surface area contributed by atoms with Crippen LogP contribution in [0.3, 0.4) is 0 Å². The van der Waals surface area contributed by atoms with Gasteiger partial charge >= 0.3 is 0 Å². The monoisotopic (exact) mass is 185 g/mol. The molecular formula is C10H13F2N. The third-order valence-electron chi connectivity index (χ3n) is 1.91. The molecule has 0 heterocycles. The number of halogens is 2. The van der Waals surface area contributed by atoms with E-state index in [1.165, 1.54) is 26.0 Å². The van der Waals surface area contributed by atoms with Gasteiger partial charge in [-0.1, -0.05) is 12.1 Å². The third-order valence-corrected chi connectivity index (χ3v) is 1.91. The fraction of sp³-hybridized carbons (Fsp3) is 0.400. The zero-order valence-electron chi connectivity index (χ0n) is 7.77. The van der Waals surface area contributed by atoms with Gasteiger partial charge in [-0.15, -0.1) is 0 Å². The molecule has 0 aromatic heterocycles. The molecule has 0 bridgehead atoms. The fourth-order valence-electron chi connectivity index (χ4n) is 1.40. The Hall–Kier alpha value is -0.960. The predicted octanol–water partition coefficient (Wildman–Crippen LogP) is 2.49. The highest BCUT2D eigenvalue weighted by molar-refractivity contribution is 5.32. The standard InChI is InChI=1S/C10H13F2N/c1-10(2,12)9-7(6-13)4-3-5-8(9)11/h3-5H,6,13H2,1-2H3. The van der Waals surface area contributed by atoms with Gasteiger partial charge in [0.1, 0.15) is 11.5 Å². The minimum absolute atomic E-state index is 0.0671. The van der Waals surface area contributed by atoms with E-state index in [2.05, 4.69) is 0 Å². The second-order valence-corrected chi connectivity index (χ2v) is 3.45. The summed E-state index contributed by atoms with van der Waals surface area (Å²) in [6, 6.07) is 4.42. The van der Waals surface area contributed by atoms with Gasteiger partial charge in [-0.2, -0.15) is 0 Å². The van der Waals surface area contributed by atoms with E-state index in [0.717, 1.165) is 0 Å². The molecule has 2 N–H and O–H groups in total. The van der Waals surface area contributed by atoms with Gasteiger partial charge in [0.15, 0.2) is 0 Å². The Morgan fingerprint density at radius 1 is 1.38 bits per heavy atom. The van der Waals surface area contributed by atoms with Gasteiger partial charge in [0.2, 0.25) is 0 Å². The summed E-state index contributed by atoms with van der Waals surface area (Å²) >= 11 is 0. The Labute approximate surface area is 76.6 Å². The lowest BCUT2D eigenvalue weighted by molar-refractivity contribution is 0.212. The number of hydrogen-bond acceptors (Lipinski definition) is 1. The van der Waals surface area contributed by atoms with E-state index >= 15 is 0 Å². The van der Waals surface area contributed by atoms with Crippen molar-refractivity contribution in [2.45, 2.75) is 26.1 Å². The molecule has 3 heteroatoms. The van der Waals surface area contributed by atoms with E-state index in [-0.39, 0.29) is 12.1 Å². The van der Waals surface area contributed by atoms with Crippen LogP contribution < -0.4 is 5.73 Å². The van der Waals surface area contributed by atoms with Crippen molar-refractivity contribution in [1.29, 1.82) is 0 Å². The molecule has 1 nitrogen and oxygen atoms in total. The molecule has 1 aromatic carbocycles. The van der Waals surface area contributed by atoms with Crippen LogP contribution >= 0.6 is 0 Å². The van der Waals surface area contributed by atoms with Crippen molar-refractivity contribution >= 4 is 0 Å². The normalized spacial score (nSPS) is 11.8. The SMILES string of the molecule is CC(C)(F)c1c(F)cccc1CN. The van der Waals surface area contributed by atoms with E-state index in [4.69, 9.17) is 5.73 Å².